The molecule has 7 nitrogen and oxygen atoms in total. The highest BCUT2D eigenvalue weighted by molar-refractivity contribution is 7.91. The summed E-state index contributed by atoms with van der Waals surface area (Å²) >= 11 is 6.80. The summed E-state index contributed by atoms with van der Waals surface area (Å²) in [5, 5.41) is 6.21. The summed E-state index contributed by atoms with van der Waals surface area (Å²) < 4.78 is 32.6. The smallest absolute Gasteiger partial charge is 0.250 e. The molecule has 0 spiro atoms. The first-order valence-corrected chi connectivity index (χ1v) is 10.5. The Hall–Kier alpha value is -1.81. The highest BCUT2D eigenvalue weighted by Gasteiger charge is 2.15. The van der Waals surface area contributed by atoms with Crippen LogP contribution in [0.3, 0.4) is 0 Å². The van der Waals surface area contributed by atoms with Gasteiger partial charge in [-0.05, 0) is 18.2 Å². The van der Waals surface area contributed by atoms with Crippen molar-refractivity contribution in [2.45, 2.75) is 10.8 Å². The zero-order valence-electron chi connectivity index (χ0n) is 14.5. The molecular formula is C16H21ClN4O3S2. The number of nitrogens with zero attached hydrogens (tertiary/aromatic N) is 1. The number of para-hydroxylation sites is 1. The molecule has 0 saturated carbocycles. The van der Waals surface area contributed by atoms with E-state index in [2.05, 4.69) is 20.3 Å². The van der Waals surface area contributed by atoms with Crippen LogP contribution in [0, 0.1) is 0 Å². The SMILES string of the molecule is CN=C(NCCNS(=O)(=O)c1ccc(Cl)s1)NCc1ccccc1OC. The Morgan fingerprint density at radius 1 is 1.19 bits per heavy atom. The molecule has 0 radical (unpaired) electrons. The molecule has 0 aliphatic carbocycles. The predicted octanol–water partition coefficient (Wildman–Crippen LogP) is 2.05. The molecule has 0 aliphatic heterocycles. The van der Waals surface area contributed by atoms with Gasteiger partial charge in [0.2, 0.25) is 10.0 Å². The fraction of sp³-hybridized carbons (Fsp3) is 0.312. The van der Waals surface area contributed by atoms with Crippen LogP contribution in [0.15, 0.2) is 45.6 Å². The molecule has 2 aromatic rings. The van der Waals surface area contributed by atoms with Crippen molar-refractivity contribution in [2.24, 2.45) is 4.99 Å². The molecule has 1 aromatic heterocycles. The monoisotopic (exact) mass is 416 g/mol. The van der Waals surface area contributed by atoms with E-state index in [-0.39, 0.29) is 10.8 Å². The topological polar surface area (TPSA) is 91.8 Å². The molecule has 10 heteroatoms. The third-order valence-electron chi connectivity index (χ3n) is 3.39. The molecular weight excluding hydrogens is 396 g/mol. The van der Waals surface area contributed by atoms with E-state index >= 15 is 0 Å². The molecule has 0 unspecified atom stereocenters. The Morgan fingerprint density at radius 2 is 1.96 bits per heavy atom. The Labute approximate surface area is 162 Å². The van der Waals surface area contributed by atoms with E-state index < -0.39 is 10.0 Å². The van der Waals surface area contributed by atoms with Gasteiger partial charge in [-0.1, -0.05) is 29.8 Å². The molecule has 0 amide bonds. The van der Waals surface area contributed by atoms with Gasteiger partial charge in [-0.25, -0.2) is 13.1 Å². The molecule has 3 N–H and O–H groups in total. The first kappa shape index (κ1) is 20.5. The minimum absolute atomic E-state index is 0.196. The van der Waals surface area contributed by atoms with Gasteiger partial charge in [-0.2, -0.15) is 0 Å². The normalized spacial score (nSPS) is 12.0. The van der Waals surface area contributed by atoms with Crippen molar-refractivity contribution in [1.82, 2.24) is 15.4 Å². The molecule has 142 valence electrons. The number of aliphatic imine (C=N–C) groups is 1. The number of nitrogens with one attached hydrogen (secondary N) is 3. The Kier molecular flexibility index (Phi) is 7.70. The van der Waals surface area contributed by atoms with Gasteiger partial charge in [0.15, 0.2) is 5.96 Å². The third kappa shape index (κ3) is 5.87. The number of thiophene rings is 1. The lowest BCUT2D eigenvalue weighted by atomic mass is 10.2. The average molecular weight is 417 g/mol. The fourth-order valence-electron chi connectivity index (χ4n) is 2.13. The van der Waals surface area contributed by atoms with E-state index in [1.54, 1.807) is 20.2 Å². The molecule has 2 rings (SSSR count). The second-order valence-corrected chi connectivity index (χ2v) is 8.83. The van der Waals surface area contributed by atoms with Crippen molar-refractivity contribution in [3.8, 4) is 5.75 Å². The van der Waals surface area contributed by atoms with E-state index in [1.165, 1.54) is 6.07 Å². The minimum Gasteiger partial charge on any atom is -0.496 e. The van der Waals surface area contributed by atoms with Gasteiger partial charge in [0.05, 0.1) is 11.4 Å². The van der Waals surface area contributed by atoms with Gasteiger partial charge in [0.25, 0.3) is 0 Å². The minimum atomic E-state index is -3.54. The molecule has 0 aliphatic rings. The number of hydrogen-bond acceptors (Lipinski definition) is 5. The molecule has 0 bridgehead atoms. The number of methoxy groups -OCH3 is 1. The van der Waals surface area contributed by atoms with Crippen LogP contribution in [0.25, 0.3) is 0 Å². The summed E-state index contributed by atoms with van der Waals surface area (Å²) in [6, 6.07) is 10.7. The van der Waals surface area contributed by atoms with Crippen LogP contribution in [-0.4, -0.2) is 41.6 Å². The summed E-state index contributed by atoms with van der Waals surface area (Å²) in [6.07, 6.45) is 0. The van der Waals surface area contributed by atoms with Gasteiger partial charge < -0.3 is 15.4 Å². The molecule has 1 heterocycles. The quantitative estimate of drug-likeness (QED) is 0.348. The largest absolute Gasteiger partial charge is 0.496 e. The molecule has 0 saturated heterocycles. The first-order valence-electron chi connectivity index (χ1n) is 7.77. The lowest BCUT2D eigenvalue weighted by Crippen LogP contribution is -2.41. The molecule has 0 fully saturated rings. The lowest BCUT2D eigenvalue weighted by molar-refractivity contribution is 0.409. The highest BCUT2D eigenvalue weighted by Crippen LogP contribution is 2.25. The maximum absolute atomic E-state index is 12.1. The number of hydrogen-bond donors (Lipinski definition) is 3. The van der Waals surface area contributed by atoms with Gasteiger partial charge in [0, 0.05) is 32.2 Å². The molecule has 0 atom stereocenters. The second-order valence-electron chi connectivity index (χ2n) is 5.12. The Morgan fingerprint density at radius 3 is 2.62 bits per heavy atom. The zero-order chi connectivity index (χ0) is 19.0. The van der Waals surface area contributed by atoms with Gasteiger partial charge in [0.1, 0.15) is 9.96 Å². The summed E-state index contributed by atoms with van der Waals surface area (Å²) in [7, 11) is -0.269. The van der Waals surface area contributed by atoms with Crippen molar-refractivity contribution >= 4 is 38.9 Å². The van der Waals surface area contributed by atoms with Crippen molar-refractivity contribution in [1.29, 1.82) is 0 Å². The number of halogens is 1. The molecule has 26 heavy (non-hydrogen) atoms. The zero-order valence-corrected chi connectivity index (χ0v) is 16.8. The van der Waals surface area contributed by atoms with Gasteiger partial charge in [-0.3, -0.25) is 4.99 Å². The first-order chi connectivity index (χ1) is 12.5. The lowest BCUT2D eigenvalue weighted by Gasteiger charge is -2.14. The highest BCUT2D eigenvalue weighted by atomic mass is 35.5. The Balaban J connectivity index is 1.79. The van der Waals surface area contributed by atoms with Crippen molar-refractivity contribution in [3.63, 3.8) is 0 Å². The van der Waals surface area contributed by atoms with Crippen molar-refractivity contribution < 1.29 is 13.2 Å². The van der Waals surface area contributed by atoms with E-state index in [9.17, 15) is 8.42 Å². The van der Waals surface area contributed by atoms with Crippen LogP contribution >= 0.6 is 22.9 Å². The van der Waals surface area contributed by atoms with Crippen molar-refractivity contribution in [3.05, 3.63) is 46.3 Å². The van der Waals surface area contributed by atoms with E-state index in [0.717, 1.165) is 22.6 Å². The number of benzene rings is 1. The van der Waals surface area contributed by atoms with Crippen LogP contribution in [0.4, 0.5) is 0 Å². The number of guanidine groups is 1. The average Bonchev–Trinajstić information content (AvgIpc) is 3.08. The number of sulfonamides is 1. The maximum Gasteiger partial charge on any atom is 0.250 e. The Bertz CT molecular complexity index is 853. The van der Waals surface area contributed by atoms with Crippen LogP contribution in [0.5, 0.6) is 5.75 Å². The fourth-order valence-corrected chi connectivity index (χ4v) is 4.69. The number of ether oxygens (including phenoxy) is 1. The second kappa shape index (κ2) is 9.77. The van der Waals surface area contributed by atoms with E-state index in [4.69, 9.17) is 16.3 Å². The van der Waals surface area contributed by atoms with Crippen LogP contribution in [-0.2, 0) is 16.6 Å². The summed E-state index contributed by atoms with van der Waals surface area (Å²) in [6.45, 7) is 1.13. The third-order valence-corrected chi connectivity index (χ3v) is 6.57. The van der Waals surface area contributed by atoms with E-state index in [1.807, 2.05) is 24.3 Å². The summed E-state index contributed by atoms with van der Waals surface area (Å²) in [4.78, 5) is 4.12. The maximum atomic E-state index is 12.1. The number of rotatable bonds is 8. The van der Waals surface area contributed by atoms with Crippen molar-refractivity contribution in [2.75, 3.05) is 27.2 Å². The van der Waals surface area contributed by atoms with Crippen LogP contribution in [0.2, 0.25) is 4.34 Å². The standard InChI is InChI=1S/C16H21ClN4O3S2/c1-18-16(20-11-12-5-3-4-6-13(12)24-2)19-9-10-21-26(22,23)15-8-7-14(17)25-15/h3-8,21H,9-11H2,1-2H3,(H2,18,19,20). The van der Waals surface area contributed by atoms with Crippen LogP contribution < -0.4 is 20.1 Å². The van der Waals surface area contributed by atoms with E-state index in [0.29, 0.717) is 23.4 Å². The molecule has 1 aromatic carbocycles. The van der Waals surface area contributed by atoms with Crippen LogP contribution in [0.1, 0.15) is 5.56 Å². The summed E-state index contributed by atoms with van der Waals surface area (Å²) in [5.41, 5.74) is 0.994. The van der Waals surface area contributed by atoms with Gasteiger partial charge >= 0.3 is 0 Å². The predicted molar refractivity (Wildman–Crippen MR) is 106 cm³/mol. The van der Waals surface area contributed by atoms with Gasteiger partial charge in [-0.15, -0.1) is 11.3 Å². The summed E-state index contributed by atoms with van der Waals surface area (Å²) in [5.74, 6) is 1.35.